The standard InChI is InChI=1S/C7H16N3/c8-3-1-4-10-7-2-5-9-6-7/h7,10H,1-6,8H2. The Labute approximate surface area is 62.4 Å². The molecule has 0 aliphatic carbocycles. The zero-order chi connectivity index (χ0) is 7.23. The van der Waals surface area contributed by atoms with Gasteiger partial charge in [0.2, 0.25) is 0 Å². The zero-order valence-corrected chi connectivity index (χ0v) is 6.34. The van der Waals surface area contributed by atoms with Crippen molar-refractivity contribution in [1.29, 1.82) is 0 Å². The molecule has 1 unspecified atom stereocenters. The molecule has 1 rings (SSSR count). The monoisotopic (exact) mass is 142 g/mol. The van der Waals surface area contributed by atoms with Crippen LogP contribution in [0.2, 0.25) is 0 Å². The van der Waals surface area contributed by atoms with Crippen LogP contribution >= 0.6 is 0 Å². The summed E-state index contributed by atoms with van der Waals surface area (Å²) in [6.45, 7) is 3.89. The van der Waals surface area contributed by atoms with Gasteiger partial charge >= 0.3 is 0 Å². The molecule has 1 saturated heterocycles. The van der Waals surface area contributed by atoms with E-state index in [2.05, 4.69) is 10.6 Å². The molecule has 10 heavy (non-hydrogen) atoms. The van der Waals surface area contributed by atoms with E-state index in [-0.39, 0.29) is 0 Å². The first-order chi connectivity index (χ1) is 4.93. The van der Waals surface area contributed by atoms with Gasteiger partial charge in [0, 0.05) is 19.1 Å². The van der Waals surface area contributed by atoms with Crippen LogP contribution in [0.5, 0.6) is 0 Å². The number of hydrogen-bond acceptors (Lipinski definition) is 2. The second-order valence-electron chi connectivity index (χ2n) is 2.71. The number of rotatable bonds is 4. The molecule has 0 aromatic carbocycles. The summed E-state index contributed by atoms with van der Waals surface area (Å²) in [6, 6.07) is 0.645. The molecule has 0 amide bonds. The second-order valence-corrected chi connectivity index (χ2v) is 2.71. The molecule has 59 valence electrons. The van der Waals surface area contributed by atoms with Crippen LogP contribution in [0.25, 0.3) is 0 Å². The van der Waals surface area contributed by atoms with Gasteiger partial charge in [0.25, 0.3) is 0 Å². The lowest BCUT2D eigenvalue weighted by Gasteiger charge is -2.08. The van der Waals surface area contributed by atoms with Crippen LogP contribution in [0.1, 0.15) is 12.8 Å². The normalized spacial score (nSPS) is 25.5. The van der Waals surface area contributed by atoms with Gasteiger partial charge in [-0.25, -0.2) is 5.32 Å². The first-order valence-electron chi connectivity index (χ1n) is 4.00. The van der Waals surface area contributed by atoms with E-state index in [9.17, 15) is 0 Å². The van der Waals surface area contributed by atoms with Crippen LogP contribution in [-0.4, -0.2) is 32.2 Å². The van der Waals surface area contributed by atoms with Gasteiger partial charge in [-0.2, -0.15) is 0 Å². The summed E-state index contributed by atoms with van der Waals surface area (Å²) in [4.78, 5) is 0. The molecule has 1 heterocycles. The van der Waals surface area contributed by atoms with Crippen LogP contribution < -0.4 is 16.4 Å². The Balaban J connectivity index is 1.91. The Kier molecular flexibility index (Phi) is 3.72. The highest BCUT2D eigenvalue weighted by Crippen LogP contribution is 1.97. The number of nitrogens with zero attached hydrogens (tertiary/aromatic N) is 1. The van der Waals surface area contributed by atoms with Crippen LogP contribution in [0.3, 0.4) is 0 Å². The maximum absolute atomic E-state index is 5.35. The maximum atomic E-state index is 5.35. The fraction of sp³-hybridized carbons (Fsp3) is 1.00. The zero-order valence-electron chi connectivity index (χ0n) is 6.34. The Morgan fingerprint density at radius 3 is 3.10 bits per heavy atom. The number of hydrogen-bond donors (Lipinski definition) is 2. The van der Waals surface area contributed by atoms with Gasteiger partial charge in [0.1, 0.15) is 0 Å². The molecule has 3 N–H and O–H groups in total. The first-order valence-corrected chi connectivity index (χ1v) is 4.00. The van der Waals surface area contributed by atoms with Gasteiger partial charge < -0.3 is 11.1 Å². The van der Waals surface area contributed by atoms with Crippen molar-refractivity contribution in [2.24, 2.45) is 5.73 Å². The Morgan fingerprint density at radius 2 is 2.50 bits per heavy atom. The van der Waals surface area contributed by atoms with Crippen molar-refractivity contribution in [1.82, 2.24) is 10.6 Å². The Hall–Kier alpha value is -0.120. The van der Waals surface area contributed by atoms with E-state index in [0.717, 1.165) is 32.6 Å². The van der Waals surface area contributed by atoms with E-state index < -0.39 is 0 Å². The van der Waals surface area contributed by atoms with Gasteiger partial charge in [-0.1, -0.05) is 0 Å². The number of nitrogens with two attached hydrogens (primary N) is 1. The molecule has 3 heteroatoms. The van der Waals surface area contributed by atoms with Gasteiger partial charge in [-0.3, -0.25) is 0 Å². The molecule has 3 nitrogen and oxygen atoms in total. The van der Waals surface area contributed by atoms with Crippen LogP contribution in [0.4, 0.5) is 0 Å². The minimum Gasteiger partial charge on any atom is -0.330 e. The fourth-order valence-corrected chi connectivity index (χ4v) is 1.16. The molecular formula is C7H16N3. The third-order valence-electron chi connectivity index (χ3n) is 1.80. The molecule has 0 aromatic heterocycles. The van der Waals surface area contributed by atoms with Crippen molar-refractivity contribution < 1.29 is 0 Å². The predicted octanol–water partition coefficient (Wildman–Crippen LogP) is -0.698. The molecule has 0 bridgehead atoms. The van der Waals surface area contributed by atoms with Gasteiger partial charge in [0.05, 0.1) is 0 Å². The van der Waals surface area contributed by atoms with Crippen LogP contribution in [0, 0.1) is 0 Å². The maximum Gasteiger partial charge on any atom is 0.0288 e. The van der Waals surface area contributed by atoms with Crippen molar-refractivity contribution >= 4 is 0 Å². The lowest BCUT2D eigenvalue weighted by atomic mass is 10.2. The summed E-state index contributed by atoms with van der Waals surface area (Å²) >= 11 is 0. The molecule has 1 aliphatic heterocycles. The average Bonchev–Trinajstić information content (AvgIpc) is 2.41. The summed E-state index contributed by atoms with van der Waals surface area (Å²) in [7, 11) is 0. The van der Waals surface area contributed by atoms with E-state index in [1.165, 1.54) is 6.42 Å². The molecule has 1 fully saturated rings. The largest absolute Gasteiger partial charge is 0.330 e. The highest BCUT2D eigenvalue weighted by molar-refractivity contribution is 4.76. The van der Waals surface area contributed by atoms with Crippen molar-refractivity contribution in [3.63, 3.8) is 0 Å². The predicted molar refractivity (Wildman–Crippen MR) is 41.9 cm³/mol. The minimum absolute atomic E-state index is 0.645. The van der Waals surface area contributed by atoms with Gasteiger partial charge in [-0.05, 0) is 25.9 Å². The highest BCUT2D eigenvalue weighted by Gasteiger charge is 2.13. The topological polar surface area (TPSA) is 52.1 Å². The number of nitrogens with one attached hydrogen (secondary N) is 1. The molecule has 1 radical (unpaired) electrons. The summed E-state index contributed by atoms with van der Waals surface area (Å²) in [5.41, 5.74) is 5.35. The smallest absolute Gasteiger partial charge is 0.0288 e. The average molecular weight is 142 g/mol. The van der Waals surface area contributed by atoms with Gasteiger partial charge in [0.15, 0.2) is 0 Å². The molecule has 1 aliphatic rings. The highest BCUT2D eigenvalue weighted by atomic mass is 15.0. The Morgan fingerprint density at radius 1 is 1.60 bits per heavy atom. The van der Waals surface area contributed by atoms with Gasteiger partial charge in [-0.15, -0.1) is 0 Å². The van der Waals surface area contributed by atoms with Crippen LogP contribution in [0.15, 0.2) is 0 Å². The van der Waals surface area contributed by atoms with Crippen molar-refractivity contribution in [3.8, 4) is 0 Å². The third kappa shape index (κ3) is 2.64. The van der Waals surface area contributed by atoms with E-state index >= 15 is 0 Å². The quantitative estimate of drug-likeness (QED) is 0.510. The lowest BCUT2D eigenvalue weighted by molar-refractivity contribution is 0.538. The summed E-state index contributed by atoms with van der Waals surface area (Å²) in [5, 5.41) is 7.66. The first kappa shape index (κ1) is 7.98. The summed E-state index contributed by atoms with van der Waals surface area (Å²) in [5.74, 6) is 0. The van der Waals surface area contributed by atoms with E-state index in [4.69, 9.17) is 5.73 Å². The van der Waals surface area contributed by atoms with E-state index in [1.807, 2.05) is 0 Å². The van der Waals surface area contributed by atoms with Crippen LogP contribution in [-0.2, 0) is 0 Å². The van der Waals surface area contributed by atoms with E-state index in [1.54, 1.807) is 0 Å². The molecule has 0 saturated carbocycles. The Bertz CT molecular complexity index is 78.9. The third-order valence-corrected chi connectivity index (χ3v) is 1.80. The molecule has 1 atom stereocenters. The summed E-state index contributed by atoms with van der Waals surface area (Å²) < 4.78 is 0. The minimum atomic E-state index is 0.645. The SMILES string of the molecule is NCCCNC1CC[N]C1. The summed E-state index contributed by atoms with van der Waals surface area (Å²) in [6.07, 6.45) is 2.29. The van der Waals surface area contributed by atoms with E-state index in [0.29, 0.717) is 6.04 Å². The van der Waals surface area contributed by atoms with Crippen molar-refractivity contribution in [2.45, 2.75) is 18.9 Å². The lowest BCUT2D eigenvalue weighted by Crippen LogP contribution is -2.31. The molecule has 0 spiro atoms. The van der Waals surface area contributed by atoms with Crippen molar-refractivity contribution in [2.75, 3.05) is 26.2 Å². The molecular weight excluding hydrogens is 126 g/mol. The second kappa shape index (κ2) is 4.66. The van der Waals surface area contributed by atoms with Crippen molar-refractivity contribution in [3.05, 3.63) is 0 Å². The molecule has 0 aromatic rings. The fourth-order valence-electron chi connectivity index (χ4n) is 1.16.